The summed E-state index contributed by atoms with van der Waals surface area (Å²) in [7, 11) is 0. The van der Waals surface area contributed by atoms with Crippen LogP contribution < -0.4 is 4.74 Å². The van der Waals surface area contributed by atoms with Gasteiger partial charge < -0.3 is 59.8 Å². The van der Waals surface area contributed by atoms with Crippen molar-refractivity contribution in [2.24, 2.45) is 0 Å². The highest BCUT2D eigenvalue weighted by molar-refractivity contribution is 5.94. The minimum absolute atomic E-state index is 0.0532. The number of ether oxygens (including phenoxy) is 4. The lowest BCUT2D eigenvalue weighted by Gasteiger charge is -2.45. The van der Waals surface area contributed by atoms with Crippen LogP contribution in [0.3, 0.4) is 0 Å². The van der Waals surface area contributed by atoms with Gasteiger partial charge in [-0.05, 0) is 36.1 Å². The van der Waals surface area contributed by atoms with Crippen molar-refractivity contribution >= 4 is 10.8 Å². The van der Waals surface area contributed by atoms with Crippen LogP contribution in [0.5, 0.6) is 11.5 Å². The van der Waals surface area contributed by atoms with Crippen molar-refractivity contribution in [2.45, 2.75) is 74.9 Å². The van der Waals surface area contributed by atoms with Crippen LogP contribution in [0.25, 0.3) is 10.8 Å². The van der Waals surface area contributed by atoms with Crippen molar-refractivity contribution in [2.75, 3.05) is 6.61 Å². The Hall–Kier alpha value is -2.10. The van der Waals surface area contributed by atoms with Crippen molar-refractivity contribution < 1.29 is 59.8 Å². The molecule has 0 spiro atoms. The van der Waals surface area contributed by atoms with Crippen LogP contribution in [0, 0.1) is 0 Å². The van der Waals surface area contributed by atoms with Crippen LogP contribution in [0.15, 0.2) is 30.3 Å². The van der Waals surface area contributed by atoms with Gasteiger partial charge in [0.05, 0.1) is 24.7 Å². The Labute approximate surface area is 200 Å². The average Bonchev–Trinajstić information content (AvgIpc) is 2.85. The van der Waals surface area contributed by atoms with Gasteiger partial charge in [-0.2, -0.15) is 0 Å². The van der Waals surface area contributed by atoms with E-state index in [9.17, 15) is 40.9 Å². The predicted octanol–water partition coefficient (Wildman–Crippen LogP) is -1.93. The van der Waals surface area contributed by atoms with Crippen molar-refractivity contribution in [3.8, 4) is 11.5 Å². The second-order valence-corrected chi connectivity index (χ2v) is 8.73. The number of hydrogen-bond donors (Lipinski definition) is 8. The molecule has 0 unspecified atom stereocenters. The maximum absolute atomic E-state index is 10.8. The van der Waals surface area contributed by atoms with E-state index in [4.69, 9.17) is 18.9 Å². The number of aromatic hydroxyl groups is 1. The third-order valence-corrected chi connectivity index (χ3v) is 6.33. The first-order chi connectivity index (χ1) is 16.7. The topological polar surface area (TPSA) is 199 Å². The first kappa shape index (κ1) is 26.0. The monoisotopic (exact) mass is 498 g/mol. The van der Waals surface area contributed by atoms with Gasteiger partial charge in [0, 0.05) is 0 Å². The summed E-state index contributed by atoms with van der Waals surface area (Å²) in [5.74, 6) is -0.0796. The van der Waals surface area contributed by atoms with Gasteiger partial charge in [0.2, 0.25) is 6.29 Å². The van der Waals surface area contributed by atoms with E-state index in [1.165, 1.54) is 19.1 Å². The molecule has 35 heavy (non-hydrogen) atoms. The zero-order valence-corrected chi connectivity index (χ0v) is 18.8. The van der Waals surface area contributed by atoms with Gasteiger partial charge in [-0.3, -0.25) is 0 Å². The number of aliphatic hydroxyl groups excluding tert-OH is 7. The maximum atomic E-state index is 10.8. The van der Waals surface area contributed by atoms with E-state index in [0.717, 1.165) is 0 Å². The molecule has 2 fully saturated rings. The fourth-order valence-electron chi connectivity index (χ4n) is 4.31. The SMILES string of the molecule is C[C@H]1O[C@H](O[C@H]2[C@@H](Oc3cc(CO)cc4cccc(O)c34)O[C@H](CO)[C@H](O)[C@H]2O)[C@@H](O)[C@H](O)[C@H]1O. The first-order valence-corrected chi connectivity index (χ1v) is 11.2. The maximum Gasteiger partial charge on any atom is 0.229 e. The molecule has 8 N–H and O–H groups in total. The van der Waals surface area contributed by atoms with Gasteiger partial charge in [-0.25, -0.2) is 0 Å². The standard InChI is InChI=1S/C23H30O12/c1-9-16(27)18(29)20(31)22(32-9)35-21-19(30)17(28)14(8-25)34-23(21)33-13-6-10(7-24)5-11-3-2-4-12(26)15(11)13/h2-6,9,14,16-31H,7-8H2,1H3/t9-,14-,16+,17+,18-,19-,20+,21-,22-,23+/m1/s1. The molecule has 12 nitrogen and oxygen atoms in total. The van der Waals surface area contributed by atoms with Gasteiger partial charge >= 0.3 is 0 Å². The number of phenols is 1. The molecule has 2 saturated heterocycles. The fourth-order valence-corrected chi connectivity index (χ4v) is 4.31. The Morgan fingerprint density at radius 1 is 0.857 bits per heavy atom. The number of aliphatic hydroxyl groups is 7. The molecule has 12 heteroatoms. The summed E-state index contributed by atoms with van der Waals surface area (Å²) >= 11 is 0. The second-order valence-electron chi connectivity index (χ2n) is 8.73. The van der Waals surface area contributed by atoms with E-state index in [2.05, 4.69) is 0 Å². The molecule has 2 heterocycles. The number of hydrogen-bond acceptors (Lipinski definition) is 12. The van der Waals surface area contributed by atoms with Crippen molar-refractivity contribution in [1.82, 2.24) is 0 Å². The van der Waals surface area contributed by atoms with Gasteiger partial charge in [0.15, 0.2) is 12.4 Å². The molecule has 0 aliphatic carbocycles. The van der Waals surface area contributed by atoms with Crippen LogP contribution in [0.4, 0.5) is 0 Å². The summed E-state index contributed by atoms with van der Waals surface area (Å²) in [5, 5.41) is 82.1. The lowest BCUT2D eigenvalue weighted by atomic mass is 9.97. The zero-order chi connectivity index (χ0) is 25.4. The van der Waals surface area contributed by atoms with Crippen molar-refractivity contribution in [3.05, 3.63) is 35.9 Å². The second kappa shape index (κ2) is 10.5. The van der Waals surface area contributed by atoms with Crippen LogP contribution in [0.1, 0.15) is 12.5 Å². The summed E-state index contributed by atoms with van der Waals surface area (Å²) in [6.07, 6.45) is -14.7. The van der Waals surface area contributed by atoms with E-state index in [-0.39, 0.29) is 23.5 Å². The summed E-state index contributed by atoms with van der Waals surface area (Å²) < 4.78 is 22.7. The Morgan fingerprint density at radius 3 is 2.29 bits per heavy atom. The smallest absolute Gasteiger partial charge is 0.229 e. The average molecular weight is 498 g/mol. The molecule has 2 aromatic carbocycles. The Balaban J connectivity index is 1.68. The summed E-state index contributed by atoms with van der Waals surface area (Å²) in [5.41, 5.74) is 0.447. The van der Waals surface area contributed by atoms with Crippen LogP contribution in [-0.4, -0.2) is 109 Å². The summed E-state index contributed by atoms with van der Waals surface area (Å²) in [6, 6.07) is 7.82. The lowest BCUT2D eigenvalue weighted by molar-refractivity contribution is -0.354. The zero-order valence-electron chi connectivity index (χ0n) is 18.8. The molecule has 2 aromatic rings. The number of benzene rings is 2. The summed E-state index contributed by atoms with van der Waals surface area (Å²) in [4.78, 5) is 0. The fraction of sp³-hybridized carbons (Fsp3) is 0.565. The number of fused-ring (bicyclic) bond motifs is 1. The Morgan fingerprint density at radius 2 is 1.60 bits per heavy atom. The highest BCUT2D eigenvalue weighted by atomic mass is 16.8. The number of rotatable bonds is 6. The largest absolute Gasteiger partial charge is 0.507 e. The lowest BCUT2D eigenvalue weighted by Crippen LogP contribution is -2.64. The molecular weight excluding hydrogens is 468 g/mol. The highest BCUT2D eigenvalue weighted by Crippen LogP contribution is 2.37. The van der Waals surface area contributed by atoms with Crippen molar-refractivity contribution in [1.29, 1.82) is 0 Å². The third kappa shape index (κ3) is 4.95. The Bertz CT molecular complexity index is 1020. The highest BCUT2D eigenvalue weighted by Gasteiger charge is 2.51. The molecule has 0 aromatic heterocycles. The molecule has 4 rings (SSSR count). The molecule has 10 atom stereocenters. The predicted molar refractivity (Wildman–Crippen MR) is 117 cm³/mol. The van der Waals surface area contributed by atoms with Gasteiger partial charge in [0.25, 0.3) is 0 Å². The molecular formula is C23H30O12. The molecule has 2 aliphatic heterocycles. The van der Waals surface area contributed by atoms with E-state index in [1.807, 2.05) is 0 Å². The van der Waals surface area contributed by atoms with Gasteiger partial charge in [-0.15, -0.1) is 0 Å². The van der Waals surface area contributed by atoms with E-state index < -0.39 is 68.0 Å². The molecule has 2 aliphatic rings. The van der Waals surface area contributed by atoms with E-state index in [0.29, 0.717) is 10.9 Å². The van der Waals surface area contributed by atoms with E-state index >= 15 is 0 Å². The number of phenolic OH excluding ortho intramolecular Hbond substituents is 1. The minimum Gasteiger partial charge on any atom is -0.507 e. The normalized spacial score (nSPS) is 37.9. The molecule has 0 bridgehead atoms. The summed E-state index contributed by atoms with van der Waals surface area (Å²) in [6.45, 7) is 0.441. The van der Waals surface area contributed by atoms with Gasteiger partial charge in [-0.1, -0.05) is 12.1 Å². The molecule has 0 amide bonds. The van der Waals surface area contributed by atoms with Crippen molar-refractivity contribution in [3.63, 3.8) is 0 Å². The van der Waals surface area contributed by atoms with Crippen LogP contribution >= 0.6 is 0 Å². The van der Waals surface area contributed by atoms with Crippen LogP contribution in [0.2, 0.25) is 0 Å². The van der Waals surface area contributed by atoms with E-state index in [1.54, 1.807) is 18.2 Å². The quantitative estimate of drug-likeness (QED) is 0.220. The van der Waals surface area contributed by atoms with Crippen LogP contribution in [-0.2, 0) is 20.8 Å². The molecule has 0 saturated carbocycles. The molecule has 194 valence electrons. The minimum atomic E-state index is -1.70. The third-order valence-electron chi connectivity index (χ3n) is 6.33. The molecule has 0 radical (unpaired) electrons. The first-order valence-electron chi connectivity index (χ1n) is 11.2. The van der Waals surface area contributed by atoms with Gasteiger partial charge in [0.1, 0.15) is 48.1 Å². The Kier molecular flexibility index (Phi) is 7.78.